The highest BCUT2D eigenvalue weighted by Gasteiger charge is 2.36. The number of anilines is 2. The minimum absolute atomic E-state index is 0.0466. The van der Waals surface area contributed by atoms with Gasteiger partial charge in [0.05, 0.1) is 16.8 Å². The second-order valence-electron chi connectivity index (χ2n) is 7.95. The number of benzene rings is 3. The highest BCUT2D eigenvalue weighted by Crippen LogP contribution is 2.40. The molecule has 0 N–H and O–H groups in total. The van der Waals surface area contributed by atoms with Crippen molar-refractivity contribution in [2.75, 3.05) is 16.5 Å². The van der Waals surface area contributed by atoms with Crippen molar-refractivity contribution in [3.05, 3.63) is 87.9 Å². The van der Waals surface area contributed by atoms with Gasteiger partial charge in [-0.3, -0.25) is 9.80 Å². The molecule has 2 aliphatic rings. The lowest BCUT2D eigenvalue weighted by Gasteiger charge is -2.25. The maximum Gasteiger partial charge on any atom is 0.274 e. The quantitative estimate of drug-likeness (QED) is 0.565. The molecule has 1 atom stereocenters. The normalized spacial score (nSPS) is 17.6. The lowest BCUT2D eigenvalue weighted by atomic mass is 9.92. The first-order valence-corrected chi connectivity index (χ1v) is 11.0. The fraction of sp³-hybridized carbons (Fsp3) is 0.167. The number of halogens is 2. The number of hydrogen-bond donors (Lipinski definition) is 0. The van der Waals surface area contributed by atoms with Crippen molar-refractivity contribution in [3.8, 4) is 0 Å². The Morgan fingerprint density at radius 2 is 1.77 bits per heavy atom. The van der Waals surface area contributed by atoms with E-state index in [-0.39, 0.29) is 11.9 Å². The van der Waals surface area contributed by atoms with Gasteiger partial charge in [-0.1, -0.05) is 71.1 Å². The summed E-state index contributed by atoms with van der Waals surface area (Å²) in [6.45, 7) is 0.675. The van der Waals surface area contributed by atoms with Gasteiger partial charge in [-0.05, 0) is 41.8 Å². The van der Waals surface area contributed by atoms with Crippen molar-refractivity contribution in [1.29, 1.82) is 0 Å². The van der Waals surface area contributed by atoms with Gasteiger partial charge in [0.2, 0.25) is 0 Å². The number of para-hydroxylation sites is 1. The standard InChI is InChI=1S/C24H20BCl2N3O/c25-17-7-5-16(6-8-17)23-14-20(28-30(23)22-10-9-18(26)13-19(22)27)24(31)29-12-11-15-3-1-2-4-21(15)29/h1-10,13,23H,11-12,14,25H2. The first-order valence-electron chi connectivity index (χ1n) is 10.3. The zero-order valence-corrected chi connectivity index (χ0v) is 18.6. The fourth-order valence-corrected chi connectivity index (χ4v) is 4.78. The third kappa shape index (κ3) is 3.73. The van der Waals surface area contributed by atoms with Gasteiger partial charge < -0.3 is 4.90 Å². The van der Waals surface area contributed by atoms with E-state index in [0.29, 0.717) is 28.7 Å². The Labute approximate surface area is 192 Å². The van der Waals surface area contributed by atoms with E-state index in [9.17, 15) is 4.79 Å². The van der Waals surface area contributed by atoms with Crippen LogP contribution < -0.4 is 15.4 Å². The molecule has 0 aromatic heterocycles. The van der Waals surface area contributed by atoms with Crippen LogP contribution in [0.15, 0.2) is 71.8 Å². The molecular formula is C24H20BCl2N3O. The zero-order valence-electron chi connectivity index (χ0n) is 17.1. The fourth-order valence-electron chi connectivity index (χ4n) is 4.28. The van der Waals surface area contributed by atoms with Gasteiger partial charge in [0, 0.05) is 23.7 Å². The van der Waals surface area contributed by atoms with E-state index in [4.69, 9.17) is 28.3 Å². The summed E-state index contributed by atoms with van der Waals surface area (Å²) in [6, 6.07) is 21.6. The number of carbonyl (C=O) groups excluding carboxylic acids is 1. The number of nitrogens with zero attached hydrogens (tertiary/aromatic N) is 3. The molecule has 5 rings (SSSR count). The van der Waals surface area contributed by atoms with Crippen molar-refractivity contribution in [2.24, 2.45) is 5.10 Å². The Hall–Kier alpha value is -2.76. The summed E-state index contributed by atoms with van der Waals surface area (Å²) < 4.78 is 0. The van der Waals surface area contributed by atoms with E-state index in [1.807, 2.05) is 34.2 Å². The van der Waals surface area contributed by atoms with Crippen LogP contribution in [0.5, 0.6) is 0 Å². The van der Waals surface area contributed by atoms with Crippen LogP contribution in [-0.4, -0.2) is 26.0 Å². The Morgan fingerprint density at radius 3 is 2.55 bits per heavy atom. The summed E-state index contributed by atoms with van der Waals surface area (Å²) in [5.41, 5.74) is 5.72. The number of rotatable bonds is 3. The van der Waals surface area contributed by atoms with Crippen LogP contribution in [0.3, 0.4) is 0 Å². The van der Waals surface area contributed by atoms with Crippen LogP contribution in [0.1, 0.15) is 23.6 Å². The molecule has 7 heteroatoms. The Balaban J connectivity index is 1.52. The molecule has 4 nitrogen and oxygen atoms in total. The Morgan fingerprint density at radius 1 is 1.00 bits per heavy atom. The van der Waals surface area contributed by atoms with Gasteiger partial charge >= 0.3 is 0 Å². The van der Waals surface area contributed by atoms with E-state index in [1.165, 1.54) is 11.0 Å². The summed E-state index contributed by atoms with van der Waals surface area (Å²) in [6.07, 6.45) is 1.38. The van der Waals surface area contributed by atoms with Crippen molar-refractivity contribution in [1.82, 2.24) is 0 Å². The smallest absolute Gasteiger partial charge is 0.274 e. The van der Waals surface area contributed by atoms with Crippen molar-refractivity contribution < 1.29 is 4.79 Å². The molecule has 31 heavy (non-hydrogen) atoms. The summed E-state index contributed by atoms with van der Waals surface area (Å²) in [5.74, 6) is -0.0466. The third-order valence-electron chi connectivity index (χ3n) is 5.91. The molecule has 0 bridgehead atoms. The summed E-state index contributed by atoms with van der Waals surface area (Å²) in [5, 5.41) is 7.71. The first kappa shape index (κ1) is 20.2. The van der Waals surface area contributed by atoms with E-state index in [2.05, 4.69) is 38.2 Å². The minimum atomic E-state index is -0.115. The molecule has 3 aromatic rings. The molecule has 154 valence electrons. The molecular weight excluding hydrogens is 428 g/mol. The molecule has 0 radical (unpaired) electrons. The first-order chi connectivity index (χ1) is 15.0. The Bertz CT molecular complexity index is 1200. The SMILES string of the molecule is Bc1ccc(C2CC(C(=O)N3CCc4ccccc43)=NN2c2ccc(Cl)cc2Cl)cc1. The summed E-state index contributed by atoms with van der Waals surface area (Å²) in [7, 11) is 2.06. The van der Waals surface area contributed by atoms with E-state index in [1.54, 1.807) is 12.1 Å². The monoisotopic (exact) mass is 447 g/mol. The van der Waals surface area contributed by atoms with Crippen molar-refractivity contribution in [2.45, 2.75) is 18.9 Å². The van der Waals surface area contributed by atoms with Gasteiger partial charge in [-0.2, -0.15) is 5.10 Å². The number of hydrogen-bond acceptors (Lipinski definition) is 3. The molecule has 2 heterocycles. The van der Waals surface area contributed by atoms with E-state index >= 15 is 0 Å². The molecule has 2 aliphatic heterocycles. The number of fused-ring (bicyclic) bond motifs is 1. The van der Waals surface area contributed by atoms with Crippen LogP contribution in [0.25, 0.3) is 0 Å². The minimum Gasteiger partial charge on any atom is -0.307 e. The molecule has 1 unspecified atom stereocenters. The number of carbonyl (C=O) groups is 1. The van der Waals surface area contributed by atoms with Gasteiger partial charge in [-0.25, -0.2) is 0 Å². The van der Waals surface area contributed by atoms with Crippen molar-refractivity contribution in [3.63, 3.8) is 0 Å². The molecule has 3 aromatic carbocycles. The van der Waals surface area contributed by atoms with Crippen LogP contribution in [-0.2, 0) is 11.2 Å². The van der Waals surface area contributed by atoms with Crippen molar-refractivity contribution >= 4 is 59.5 Å². The lowest BCUT2D eigenvalue weighted by Crippen LogP contribution is -2.34. The van der Waals surface area contributed by atoms with Gasteiger partial charge in [0.15, 0.2) is 0 Å². The second kappa shape index (κ2) is 8.06. The average Bonchev–Trinajstić information content (AvgIpc) is 3.39. The third-order valence-corrected chi connectivity index (χ3v) is 6.45. The van der Waals surface area contributed by atoms with E-state index < -0.39 is 0 Å². The van der Waals surface area contributed by atoms with Crippen LogP contribution in [0.2, 0.25) is 10.0 Å². The molecule has 0 saturated carbocycles. The largest absolute Gasteiger partial charge is 0.307 e. The maximum absolute atomic E-state index is 13.5. The van der Waals surface area contributed by atoms with Gasteiger partial charge in [0.25, 0.3) is 5.91 Å². The highest BCUT2D eigenvalue weighted by atomic mass is 35.5. The predicted octanol–water partition coefficient (Wildman–Crippen LogP) is 4.15. The Kier molecular flexibility index (Phi) is 5.24. The molecule has 1 amide bonds. The van der Waals surface area contributed by atoms with Gasteiger partial charge in [0.1, 0.15) is 13.6 Å². The summed E-state index contributed by atoms with van der Waals surface area (Å²) in [4.78, 5) is 15.3. The number of amides is 1. The van der Waals surface area contributed by atoms with Crippen LogP contribution in [0, 0.1) is 0 Å². The predicted molar refractivity (Wildman–Crippen MR) is 131 cm³/mol. The van der Waals surface area contributed by atoms with Crippen LogP contribution in [0.4, 0.5) is 11.4 Å². The second-order valence-corrected chi connectivity index (χ2v) is 8.80. The van der Waals surface area contributed by atoms with E-state index in [0.717, 1.165) is 23.4 Å². The molecule has 0 saturated heterocycles. The van der Waals surface area contributed by atoms with Gasteiger partial charge in [-0.15, -0.1) is 0 Å². The average molecular weight is 448 g/mol. The lowest BCUT2D eigenvalue weighted by molar-refractivity contribution is -0.112. The molecule has 0 aliphatic carbocycles. The molecule has 0 spiro atoms. The number of hydrazone groups is 1. The summed E-state index contributed by atoms with van der Waals surface area (Å²) >= 11 is 12.6. The van der Waals surface area contributed by atoms with Crippen LogP contribution >= 0.6 is 23.2 Å². The highest BCUT2D eigenvalue weighted by molar-refractivity contribution is 6.45. The maximum atomic E-state index is 13.5. The zero-order chi connectivity index (χ0) is 21.5. The molecule has 0 fully saturated rings. The topological polar surface area (TPSA) is 35.9 Å².